The van der Waals surface area contributed by atoms with E-state index in [1.165, 1.54) is 0 Å². The average molecular weight is 304 g/mol. The Morgan fingerprint density at radius 1 is 1.27 bits per heavy atom. The van der Waals surface area contributed by atoms with Crippen molar-refractivity contribution in [2.45, 2.75) is 45.8 Å². The van der Waals surface area contributed by atoms with Crippen LogP contribution < -0.4 is 5.48 Å². The number of hydrogen-bond acceptors (Lipinski definition) is 4. The molecule has 0 spiro atoms. The summed E-state index contributed by atoms with van der Waals surface area (Å²) in [5, 5.41) is 0. The number of hydroxylamine groups is 1. The Balaban J connectivity index is 1.84. The van der Waals surface area contributed by atoms with Gasteiger partial charge in [-0.05, 0) is 39.2 Å². The first-order valence-electron chi connectivity index (χ1n) is 7.56. The van der Waals surface area contributed by atoms with Crippen molar-refractivity contribution in [3.05, 3.63) is 47.8 Å². The predicted molar refractivity (Wildman–Crippen MR) is 84.6 cm³/mol. The third-order valence-electron chi connectivity index (χ3n) is 3.07. The zero-order valence-electron chi connectivity index (χ0n) is 13.5. The van der Waals surface area contributed by atoms with E-state index in [-0.39, 0.29) is 6.09 Å². The Morgan fingerprint density at radius 3 is 2.68 bits per heavy atom. The molecule has 0 bridgehead atoms. The normalized spacial score (nSPS) is 15.2. The molecule has 5 nitrogen and oxygen atoms in total. The van der Waals surface area contributed by atoms with E-state index in [4.69, 9.17) is 9.57 Å². The number of carbonyl (C=O) groups is 1. The van der Waals surface area contributed by atoms with Crippen LogP contribution in [-0.2, 0) is 16.2 Å². The first kappa shape index (κ1) is 16.4. The number of amides is 1. The molecule has 0 radical (unpaired) electrons. The highest BCUT2D eigenvalue weighted by Crippen LogP contribution is 2.16. The average Bonchev–Trinajstić information content (AvgIpc) is 2.47. The molecule has 0 fully saturated rings. The molecule has 0 unspecified atom stereocenters. The van der Waals surface area contributed by atoms with E-state index in [2.05, 4.69) is 5.48 Å². The molecule has 0 saturated heterocycles. The number of nitrogens with zero attached hydrogens (tertiary/aromatic N) is 1. The van der Waals surface area contributed by atoms with Crippen LogP contribution in [0.4, 0.5) is 4.79 Å². The topological polar surface area (TPSA) is 50.8 Å². The van der Waals surface area contributed by atoms with Crippen LogP contribution in [-0.4, -0.2) is 23.1 Å². The largest absolute Gasteiger partial charge is 0.443 e. The summed E-state index contributed by atoms with van der Waals surface area (Å²) in [7, 11) is 0. The quantitative estimate of drug-likeness (QED) is 0.864. The molecular formula is C17H24N2O3. The van der Waals surface area contributed by atoms with Crippen molar-refractivity contribution in [1.29, 1.82) is 0 Å². The molecule has 5 heteroatoms. The summed E-state index contributed by atoms with van der Waals surface area (Å²) in [6, 6.07) is 9.93. The molecule has 1 aromatic carbocycles. The minimum atomic E-state index is -0.486. The van der Waals surface area contributed by atoms with E-state index < -0.39 is 5.60 Å². The number of benzene rings is 1. The Bertz CT molecular complexity index is 520. The summed E-state index contributed by atoms with van der Waals surface area (Å²) in [5.41, 5.74) is 4.42. The van der Waals surface area contributed by atoms with Gasteiger partial charge in [-0.2, -0.15) is 0 Å². The summed E-state index contributed by atoms with van der Waals surface area (Å²) in [4.78, 5) is 19.1. The van der Waals surface area contributed by atoms with E-state index in [9.17, 15) is 4.79 Å². The summed E-state index contributed by atoms with van der Waals surface area (Å²) in [6.45, 7) is 6.73. The van der Waals surface area contributed by atoms with Crippen molar-refractivity contribution in [3.8, 4) is 0 Å². The van der Waals surface area contributed by atoms with Crippen molar-refractivity contribution >= 4 is 6.09 Å². The highest BCUT2D eigenvalue weighted by atomic mass is 16.6. The summed E-state index contributed by atoms with van der Waals surface area (Å²) in [6.07, 6.45) is 3.18. The van der Waals surface area contributed by atoms with Gasteiger partial charge in [-0.25, -0.2) is 4.79 Å². The fourth-order valence-electron chi connectivity index (χ4n) is 2.09. The van der Waals surface area contributed by atoms with Crippen molar-refractivity contribution in [2.24, 2.45) is 0 Å². The van der Waals surface area contributed by atoms with Gasteiger partial charge in [0, 0.05) is 12.7 Å². The molecule has 1 N–H and O–H groups in total. The fraction of sp³-hybridized carbons (Fsp3) is 0.471. The molecule has 0 aliphatic carbocycles. The maximum absolute atomic E-state index is 12.0. The SMILES string of the molecule is CC(C)(C)OC(=O)N1C=C(NOCc2ccccc2)CCC1. The van der Waals surface area contributed by atoms with Crippen LogP contribution in [0.2, 0.25) is 0 Å². The van der Waals surface area contributed by atoms with Crippen LogP contribution in [0.15, 0.2) is 42.2 Å². The maximum atomic E-state index is 12.0. The Kier molecular flexibility index (Phi) is 5.44. The lowest BCUT2D eigenvalue weighted by atomic mass is 10.2. The monoisotopic (exact) mass is 304 g/mol. The van der Waals surface area contributed by atoms with Crippen LogP contribution in [0.1, 0.15) is 39.2 Å². The molecule has 0 saturated carbocycles. The van der Waals surface area contributed by atoms with Crippen molar-refractivity contribution in [1.82, 2.24) is 10.4 Å². The summed E-state index contributed by atoms with van der Waals surface area (Å²) in [5.74, 6) is 0. The predicted octanol–water partition coefficient (Wildman–Crippen LogP) is 3.58. The highest BCUT2D eigenvalue weighted by molar-refractivity contribution is 5.69. The van der Waals surface area contributed by atoms with Crippen molar-refractivity contribution in [2.75, 3.05) is 6.54 Å². The first-order valence-corrected chi connectivity index (χ1v) is 7.56. The zero-order valence-corrected chi connectivity index (χ0v) is 13.5. The summed E-state index contributed by atoms with van der Waals surface area (Å²) < 4.78 is 5.37. The lowest BCUT2D eigenvalue weighted by molar-refractivity contribution is 0.0269. The van der Waals surface area contributed by atoms with Gasteiger partial charge in [0.15, 0.2) is 0 Å². The molecule has 1 aliphatic rings. The lowest BCUT2D eigenvalue weighted by Gasteiger charge is -2.28. The molecule has 1 aliphatic heterocycles. The van der Waals surface area contributed by atoms with Gasteiger partial charge in [-0.15, -0.1) is 0 Å². The minimum Gasteiger partial charge on any atom is -0.443 e. The second-order valence-electron chi connectivity index (χ2n) is 6.31. The highest BCUT2D eigenvalue weighted by Gasteiger charge is 2.23. The van der Waals surface area contributed by atoms with Crippen LogP contribution >= 0.6 is 0 Å². The van der Waals surface area contributed by atoms with Gasteiger partial charge < -0.3 is 4.74 Å². The van der Waals surface area contributed by atoms with E-state index in [1.807, 2.05) is 51.1 Å². The number of carbonyl (C=O) groups excluding carboxylic acids is 1. The van der Waals surface area contributed by atoms with Gasteiger partial charge in [-0.3, -0.25) is 15.2 Å². The Hall–Kier alpha value is -2.01. The lowest BCUT2D eigenvalue weighted by Crippen LogP contribution is -2.37. The van der Waals surface area contributed by atoms with Crippen molar-refractivity contribution < 1.29 is 14.4 Å². The molecule has 0 aromatic heterocycles. The van der Waals surface area contributed by atoms with Gasteiger partial charge in [0.25, 0.3) is 0 Å². The molecule has 0 atom stereocenters. The molecule has 2 rings (SSSR count). The molecule has 22 heavy (non-hydrogen) atoms. The van der Waals surface area contributed by atoms with Gasteiger partial charge in [0.1, 0.15) is 5.60 Å². The third-order valence-corrected chi connectivity index (χ3v) is 3.07. The first-order chi connectivity index (χ1) is 10.4. The van der Waals surface area contributed by atoms with Gasteiger partial charge in [-0.1, -0.05) is 30.3 Å². The number of rotatable bonds is 4. The van der Waals surface area contributed by atoms with Gasteiger partial charge in [0.05, 0.1) is 12.3 Å². The van der Waals surface area contributed by atoms with Crippen LogP contribution in [0, 0.1) is 0 Å². The second-order valence-corrected chi connectivity index (χ2v) is 6.31. The number of ether oxygens (including phenoxy) is 1. The number of hydrogen-bond donors (Lipinski definition) is 1. The van der Waals surface area contributed by atoms with Crippen LogP contribution in [0.5, 0.6) is 0 Å². The summed E-state index contributed by atoms with van der Waals surface area (Å²) >= 11 is 0. The molecule has 120 valence electrons. The molecule has 1 heterocycles. The van der Waals surface area contributed by atoms with Crippen LogP contribution in [0.25, 0.3) is 0 Å². The van der Waals surface area contributed by atoms with E-state index >= 15 is 0 Å². The second kappa shape index (κ2) is 7.31. The minimum absolute atomic E-state index is 0.324. The Morgan fingerprint density at radius 2 is 2.00 bits per heavy atom. The van der Waals surface area contributed by atoms with Gasteiger partial charge in [0.2, 0.25) is 0 Å². The molecular weight excluding hydrogens is 280 g/mol. The van der Waals surface area contributed by atoms with E-state index in [0.29, 0.717) is 13.2 Å². The van der Waals surface area contributed by atoms with Gasteiger partial charge >= 0.3 is 6.09 Å². The van der Waals surface area contributed by atoms with Crippen molar-refractivity contribution in [3.63, 3.8) is 0 Å². The maximum Gasteiger partial charge on any atom is 0.414 e. The smallest absolute Gasteiger partial charge is 0.414 e. The number of allylic oxidation sites excluding steroid dienone is 1. The fourth-order valence-corrected chi connectivity index (χ4v) is 2.09. The van der Waals surface area contributed by atoms with Crippen LogP contribution in [0.3, 0.4) is 0 Å². The number of nitrogens with one attached hydrogen (secondary N) is 1. The Labute approximate surface area is 131 Å². The third kappa shape index (κ3) is 5.41. The van der Waals surface area contributed by atoms with E-state index in [1.54, 1.807) is 11.1 Å². The molecule has 1 amide bonds. The standard InChI is InChI=1S/C17H24N2O3/c1-17(2,3)22-16(20)19-11-7-10-15(12-19)18-21-13-14-8-5-4-6-9-14/h4-6,8-9,12,18H,7,10-11,13H2,1-3H3. The van der Waals surface area contributed by atoms with E-state index in [0.717, 1.165) is 24.1 Å². The molecule has 1 aromatic rings. The zero-order chi connectivity index (χ0) is 16.0.